The summed E-state index contributed by atoms with van der Waals surface area (Å²) in [5, 5.41) is 0. The summed E-state index contributed by atoms with van der Waals surface area (Å²) in [4.78, 5) is 24.3. The number of benzene rings is 2. The van der Waals surface area contributed by atoms with Crippen molar-refractivity contribution in [1.82, 2.24) is 14.8 Å². The third-order valence-electron chi connectivity index (χ3n) is 9.09. The predicted octanol–water partition coefficient (Wildman–Crippen LogP) is 5.83. The third-order valence-corrected chi connectivity index (χ3v) is 9.09. The molecule has 7 nitrogen and oxygen atoms in total. The average molecular weight is 571 g/mol. The Morgan fingerprint density at radius 3 is 2.55 bits per heavy atom. The number of piperidine rings is 1. The number of pyridine rings is 1. The van der Waals surface area contributed by atoms with E-state index in [9.17, 15) is 4.79 Å². The average Bonchev–Trinajstić information content (AvgIpc) is 3.02. The van der Waals surface area contributed by atoms with Gasteiger partial charge in [-0.3, -0.25) is 14.7 Å². The fraction of sp³-hybridized carbons (Fsp3) is 0.486. The molecule has 0 atom stereocenters. The molecule has 0 bridgehead atoms. The van der Waals surface area contributed by atoms with Crippen molar-refractivity contribution in [1.29, 1.82) is 0 Å². The van der Waals surface area contributed by atoms with Crippen LogP contribution >= 0.6 is 0 Å². The number of ether oxygens (including phenoxy) is 2. The number of amides is 1. The molecule has 1 spiro atoms. The van der Waals surface area contributed by atoms with E-state index < -0.39 is 0 Å². The fourth-order valence-corrected chi connectivity index (χ4v) is 6.59. The number of aromatic nitrogens is 1. The summed E-state index contributed by atoms with van der Waals surface area (Å²) >= 11 is 0. The van der Waals surface area contributed by atoms with Crippen molar-refractivity contribution >= 4 is 11.6 Å². The number of methoxy groups -OCH3 is 1. The Bertz CT molecular complexity index is 1280. The van der Waals surface area contributed by atoms with E-state index in [2.05, 4.69) is 56.1 Å². The van der Waals surface area contributed by atoms with Crippen LogP contribution in [0.25, 0.3) is 0 Å². The molecule has 1 fully saturated rings. The summed E-state index contributed by atoms with van der Waals surface area (Å²) in [5.41, 5.74) is 3.81. The highest BCUT2D eigenvalue weighted by Gasteiger charge is 2.37. The van der Waals surface area contributed by atoms with Crippen LogP contribution in [0, 0.1) is 5.41 Å². The van der Waals surface area contributed by atoms with E-state index in [1.165, 1.54) is 24.0 Å². The Labute approximate surface area is 251 Å². The molecule has 0 N–H and O–H groups in total. The summed E-state index contributed by atoms with van der Waals surface area (Å²) in [5.74, 6) is 2.11. The zero-order valence-electron chi connectivity index (χ0n) is 25.3. The van der Waals surface area contributed by atoms with E-state index in [0.29, 0.717) is 19.6 Å². The first-order valence-electron chi connectivity index (χ1n) is 15.5. The quantitative estimate of drug-likeness (QED) is 0.356. The van der Waals surface area contributed by atoms with Crippen molar-refractivity contribution in [2.75, 3.05) is 58.4 Å². The van der Waals surface area contributed by atoms with Crippen molar-refractivity contribution in [2.45, 2.75) is 51.5 Å². The molecule has 0 unspecified atom stereocenters. The second-order valence-corrected chi connectivity index (χ2v) is 12.0. The second-order valence-electron chi connectivity index (χ2n) is 12.0. The van der Waals surface area contributed by atoms with E-state index in [1.54, 1.807) is 7.11 Å². The highest BCUT2D eigenvalue weighted by molar-refractivity contribution is 5.77. The standard InChI is InChI=1S/C35H46N4O3/c1-37(31-11-4-6-13-33(31)41-2)22-16-34(40)39-23-18-35(19-24-39)17-8-7-10-30-9-3-5-12-32(30)42-26-25-38(28-35)27-29-14-20-36-21-15-29/h3-6,9,11-15,20-21H,7-8,10,16-19,22-28H2,1-2H3. The van der Waals surface area contributed by atoms with E-state index in [1.807, 2.05) is 43.7 Å². The number of carbonyl (C=O) groups excluding carboxylic acids is 1. The molecule has 2 aromatic carbocycles. The van der Waals surface area contributed by atoms with Gasteiger partial charge in [0.1, 0.15) is 18.1 Å². The molecule has 42 heavy (non-hydrogen) atoms. The Balaban J connectivity index is 1.23. The van der Waals surface area contributed by atoms with Gasteiger partial charge in [0.2, 0.25) is 5.91 Å². The zero-order chi connectivity index (χ0) is 29.2. The summed E-state index contributed by atoms with van der Waals surface area (Å²) < 4.78 is 11.8. The monoisotopic (exact) mass is 570 g/mol. The topological polar surface area (TPSA) is 58.1 Å². The van der Waals surface area contributed by atoms with Gasteiger partial charge in [0.25, 0.3) is 0 Å². The number of likely N-dealkylation sites (tertiary alicyclic amines) is 1. The molecule has 5 rings (SSSR count). The van der Waals surface area contributed by atoms with Crippen LogP contribution in [0.4, 0.5) is 5.69 Å². The molecule has 1 aromatic heterocycles. The summed E-state index contributed by atoms with van der Waals surface area (Å²) in [6.07, 6.45) is 11.0. The van der Waals surface area contributed by atoms with Gasteiger partial charge in [0, 0.05) is 65.1 Å². The second kappa shape index (κ2) is 14.5. The Morgan fingerprint density at radius 1 is 0.976 bits per heavy atom. The van der Waals surface area contributed by atoms with Gasteiger partial charge in [0.05, 0.1) is 12.8 Å². The highest BCUT2D eigenvalue weighted by Crippen LogP contribution is 2.39. The van der Waals surface area contributed by atoms with Gasteiger partial charge in [-0.05, 0) is 79.0 Å². The lowest BCUT2D eigenvalue weighted by Gasteiger charge is -2.45. The number of hydrogen-bond acceptors (Lipinski definition) is 6. The van der Waals surface area contributed by atoms with Crippen LogP contribution in [0.5, 0.6) is 11.5 Å². The molecule has 7 heteroatoms. The van der Waals surface area contributed by atoms with Gasteiger partial charge in [-0.2, -0.15) is 0 Å². The molecule has 2 aliphatic rings. The van der Waals surface area contributed by atoms with Crippen LogP contribution in [0.1, 0.15) is 49.7 Å². The van der Waals surface area contributed by atoms with Gasteiger partial charge in [-0.25, -0.2) is 0 Å². The SMILES string of the molecule is COc1ccccc1N(C)CCC(=O)N1CCC2(CCCCc3ccccc3OCCN(Cc3ccncc3)C2)CC1. The van der Waals surface area contributed by atoms with Crippen molar-refractivity contribution in [3.8, 4) is 11.5 Å². The number of aryl methyl sites for hydroxylation is 1. The van der Waals surface area contributed by atoms with Crippen LogP contribution in [-0.4, -0.2) is 74.2 Å². The first kappa shape index (κ1) is 29.9. The van der Waals surface area contributed by atoms with E-state index in [0.717, 1.165) is 75.6 Å². The van der Waals surface area contributed by atoms with Crippen molar-refractivity contribution < 1.29 is 14.3 Å². The molecule has 1 saturated heterocycles. The van der Waals surface area contributed by atoms with Crippen LogP contribution in [0.15, 0.2) is 73.1 Å². The van der Waals surface area contributed by atoms with Gasteiger partial charge in [-0.1, -0.05) is 36.8 Å². The maximum Gasteiger partial charge on any atom is 0.224 e. The van der Waals surface area contributed by atoms with E-state index in [-0.39, 0.29) is 11.3 Å². The minimum Gasteiger partial charge on any atom is -0.495 e. The zero-order valence-corrected chi connectivity index (χ0v) is 25.3. The number of anilines is 1. The molecule has 224 valence electrons. The maximum absolute atomic E-state index is 13.3. The highest BCUT2D eigenvalue weighted by atomic mass is 16.5. The van der Waals surface area contributed by atoms with Crippen molar-refractivity contribution in [2.24, 2.45) is 5.41 Å². The molecular weight excluding hydrogens is 524 g/mol. The molecule has 2 aliphatic heterocycles. The molecule has 0 aliphatic carbocycles. The molecule has 0 saturated carbocycles. The maximum atomic E-state index is 13.3. The normalized spacial score (nSPS) is 17.8. The summed E-state index contributed by atoms with van der Waals surface area (Å²) in [6.45, 7) is 5.78. The molecule has 3 aromatic rings. The van der Waals surface area contributed by atoms with Gasteiger partial charge >= 0.3 is 0 Å². The van der Waals surface area contributed by atoms with Crippen LogP contribution in [0.2, 0.25) is 0 Å². The van der Waals surface area contributed by atoms with Crippen LogP contribution in [0.3, 0.4) is 0 Å². The van der Waals surface area contributed by atoms with E-state index in [4.69, 9.17) is 9.47 Å². The molecule has 3 heterocycles. The number of para-hydroxylation sites is 3. The van der Waals surface area contributed by atoms with Crippen LogP contribution in [-0.2, 0) is 17.8 Å². The van der Waals surface area contributed by atoms with Crippen LogP contribution < -0.4 is 14.4 Å². The van der Waals surface area contributed by atoms with Gasteiger partial charge in [-0.15, -0.1) is 0 Å². The first-order valence-corrected chi connectivity index (χ1v) is 15.5. The lowest BCUT2D eigenvalue weighted by atomic mass is 9.73. The number of hydrogen-bond donors (Lipinski definition) is 0. The molecular formula is C35H46N4O3. The molecule has 1 amide bonds. The predicted molar refractivity (Wildman–Crippen MR) is 168 cm³/mol. The van der Waals surface area contributed by atoms with Crippen molar-refractivity contribution in [3.63, 3.8) is 0 Å². The number of fused-ring (bicyclic) bond motifs is 1. The fourth-order valence-electron chi connectivity index (χ4n) is 6.59. The number of nitrogens with zero attached hydrogens (tertiary/aromatic N) is 4. The Kier molecular flexibility index (Phi) is 10.4. The summed E-state index contributed by atoms with van der Waals surface area (Å²) in [7, 11) is 3.72. The molecule has 0 radical (unpaired) electrons. The number of carbonyl (C=O) groups is 1. The van der Waals surface area contributed by atoms with E-state index >= 15 is 0 Å². The van der Waals surface area contributed by atoms with Gasteiger partial charge < -0.3 is 19.3 Å². The largest absolute Gasteiger partial charge is 0.495 e. The minimum atomic E-state index is 0.205. The lowest BCUT2D eigenvalue weighted by molar-refractivity contribution is -0.133. The van der Waals surface area contributed by atoms with Gasteiger partial charge in [0.15, 0.2) is 0 Å². The Hall–Kier alpha value is -3.58. The minimum absolute atomic E-state index is 0.205. The summed E-state index contributed by atoms with van der Waals surface area (Å²) in [6, 6.07) is 20.7. The first-order chi connectivity index (χ1) is 20.5. The lowest BCUT2D eigenvalue weighted by Crippen LogP contribution is -2.48. The number of rotatable bonds is 7. The third kappa shape index (κ3) is 7.82. The van der Waals surface area contributed by atoms with Crippen molar-refractivity contribution in [3.05, 3.63) is 84.2 Å². The Morgan fingerprint density at radius 2 is 1.74 bits per heavy atom. The smallest absolute Gasteiger partial charge is 0.224 e.